The average molecular weight is 430 g/mol. The maximum atomic E-state index is 12.1. The number of aliphatic imine (C=N–C) groups is 1. The number of hydrogen-bond donors (Lipinski definition) is 5. The van der Waals surface area contributed by atoms with Gasteiger partial charge in [-0.05, 0) is 43.5 Å². The van der Waals surface area contributed by atoms with Gasteiger partial charge in [0.2, 0.25) is 17.7 Å². The molecule has 0 fully saturated rings. The molecule has 0 bridgehead atoms. The highest BCUT2D eigenvalue weighted by Gasteiger charge is 2.34. The number of carbonyl (C=O) groups is 3. The van der Waals surface area contributed by atoms with Crippen LogP contribution in [0.1, 0.15) is 34.1 Å². The van der Waals surface area contributed by atoms with E-state index >= 15 is 0 Å². The lowest BCUT2D eigenvalue weighted by molar-refractivity contribution is -0.124. The van der Waals surface area contributed by atoms with Crippen molar-refractivity contribution in [3.8, 4) is 0 Å². The lowest BCUT2D eigenvalue weighted by atomic mass is 9.90. The van der Waals surface area contributed by atoms with Crippen LogP contribution in [0.3, 0.4) is 0 Å². The molecule has 1 aliphatic rings. The number of anilines is 2. The van der Waals surface area contributed by atoms with Crippen molar-refractivity contribution in [3.63, 3.8) is 0 Å². The minimum absolute atomic E-state index is 0.0859. The third-order valence-electron chi connectivity index (χ3n) is 4.99. The summed E-state index contributed by atoms with van der Waals surface area (Å²) in [7, 11) is 1.68. The fourth-order valence-electron chi connectivity index (χ4n) is 3.26. The number of carbonyl (C=O) groups excluding carboxylic acids is 3. The van der Waals surface area contributed by atoms with Gasteiger partial charge in [0.15, 0.2) is 12.1 Å². The van der Waals surface area contributed by atoms with Crippen molar-refractivity contribution in [2.45, 2.75) is 45.8 Å². The zero-order valence-electron chi connectivity index (χ0n) is 18.5. The van der Waals surface area contributed by atoms with Crippen LogP contribution in [0.4, 0.5) is 11.4 Å². The number of amides is 3. The van der Waals surface area contributed by atoms with Crippen LogP contribution in [-0.2, 0) is 14.4 Å². The van der Waals surface area contributed by atoms with Crippen molar-refractivity contribution in [2.24, 2.45) is 22.4 Å². The van der Waals surface area contributed by atoms with Crippen LogP contribution in [-0.4, -0.2) is 42.4 Å². The van der Waals surface area contributed by atoms with E-state index < -0.39 is 23.5 Å². The first-order valence-corrected chi connectivity index (χ1v) is 9.96. The van der Waals surface area contributed by atoms with Gasteiger partial charge in [-0.15, -0.1) is 0 Å². The topological polar surface area (TPSA) is 155 Å². The molecule has 2 atom stereocenters. The molecule has 1 aromatic carbocycles. The Morgan fingerprint density at radius 2 is 1.84 bits per heavy atom. The van der Waals surface area contributed by atoms with Crippen LogP contribution in [0, 0.1) is 5.92 Å². The maximum absolute atomic E-state index is 12.1. The largest absolute Gasteiger partial charge is 0.368 e. The van der Waals surface area contributed by atoms with Crippen LogP contribution in [0.5, 0.6) is 0 Å². The molecule has 0 radical (unpaired) electrons. The van der Waals surface area contributed by atoms with E-state index in [1.54, 1.807) is 38.2 Å². The van der Waals surface area contributed by atoms with Crippen molar-refractivity contribution < 1.29 is 14.4 Å². The van der Waals surface area contributed by atoms with E-state index in [4.69, 9.17) is 11.5 Å². The molecular formula is C21H31N7O3. The number of nitrogens with two attached hydrogens (primary N) is 2. The molecule has 7 N–H and O–H groups in total. The molecule has 0 spiro atoms. The van der Waals surface area contributed by atoms with Crippen molar-refractivity contribution >= 4 is 35.1 Å². The van der Waals surface area contributed by atoms with E-state index in [2.05, 4.69) is 20.9 Å². The Kier molecular flexibility index (Phi) is 7.27. The molecule has 10 nitrogen and oxygen atoms in total. The predicted octanol–water partition coefficient (Wildman–Crippen LogP) is 0.615. The fourth-order valence-corrected chi connectivity index (χ4v) is 3.26. The van der Waals surface area contributed by atoms with Gasteiger partial charge in [-0.2, -0.15) is 0 Å². The van der Waals surface area contributed by atoms with E-state index in [-0.39, 0.29) is 23.4 Å². The Bertz CT molecular complexity index is 908. The van der Waals surface area contributed by atoms with Gasteiger partial charge in [-0.25, -0.2) is 4.99 Å². The molecule has 1 heterocycles. The van der Waals surface area contributed by atoms with E-state index in [1.807, 2.05) is 13.8 Å². The summed E-state index contributed by atoms with van der Waals surface area (Å²) < 4.78 is 0. The molecule has 31 heavy (non-hydrogen) atoms. The zero-order chi connectivity index (χ0) is 23.3. The van der Waals surface area contributed by atoms with E-state index in [0.717, 1.165) is 5.69 Å². The van der Waals surface area contributed by atoms with Crippen LogP contribution < -0.4 is 32.3 Å². The van der Waals surface area contributed by atoms with Gasteiger partial charge in [0, 0.05) is 31.5 Å². The number of primary amides is 2. The Morgan fingerprint density at radius 1 is 1.23 bits per heavy atom. The van der Waals surface area contributed by atoms with Gasteiger partial charge < -0.3 is 32.3 Å². The number of guanidine groups is 1. The lowest BCUT2D eigenvalue weighted by Crippen LogP contribution is -2.59. The monoisotopic (exact) mass is 429 g/mol. The van der Waals surface area contributed by atoms with Crippen molar-refractivity contribution in [2.75, 3.05) is 17.3 Å². The first-order valence-electron chi connectivity index (χ1n) is 9.96. The Balaban J connectivity index is 2.25. The highest BCUT2D eigenvalue weighted by Crippen LogP contribution is 2.21. The summed E-state index contributed by atoms with van der Waals surface area (Å²) in [6.07, 6.45) is 1.16. The molecule has 3 amide bonds. The minimum Gasteiger partial charge on any atom is -0.368 e. The van der Waals surface area contributed by atoms with E-state index in [1.165, 1.54) is 18.0 Å². The second-order valence-corrected chi connectivity index (χ2v) is 8.18. The van der Waals surface area contributed by atoms with Crippen molar-refractivity contribution in [1.82, 2.24) is 10.6 Å². The highest BCUT2D eigenvalue weighted by molar-refractivity contribution is 5.98. The second kappa shape index (κ2) is 9.50. The summed E-state index contributed by atoms with van der Waals surface area (Å²) in [6.45, 7) is 7.16. The molecule has 1 aromatic rings. The second-order valence-electron chi connectivity index (χ2n) is 8.18. The normalized spacial score (nSPS) is 17.5. The van der Waals surface area contributed by atoms with Gasteiger partial charge in [0.1, 0.15) is 5.54 Å². The molecule has 168 valence electrons. The van der Waals surface area contributed by atoms with Crippen LogP contribution in [0.2, 0.25) is 0 Å². The standard InChI is InChI=1S/C21H31N7O3/c1-12(2)10-21(4,19(23)31)27-20-24-11-16(17(22)30)18(26-20)25-14-6-8-15(9-7-14)28(5)13(3)29/h6-9,11-12,18,25H,10H2,1-5H3,(H2,22,30)(H2,23,31)(H2,24,26,27). The molecule has 0 aliphatic carbocycles. The van der Waals surface area contributed by atoms with Crippen LogP contribution in [0.25, 0.3) is 0 Å². The Morgan fingerprint density at radius 3 is 2.32 bits per heavy atom. The van der Waals surface area contributed by atoms with Gasteiger partial charge >= 0.3 is 0 Å². The molecule has 2 rings (SSSR count). The first-order chi connectivity index (χ1) is 14.4. The molecule has 1 aliphatic heterocycles. The number of nitrogens with one attached hydrogen (secondary N) is 3. The minimum atomic E-state index is -1.03. The van der Waals surface area contributed by atoms with E-state index in [0.29, 0.717) is 12.1 Å². The quantitative estimate of drug-likeness (QED) is 0.408. The smallest absolute Gasteiger partial charge is 0.250 e. The Labute approximate surface area is 182 Å². The summed E-state index contributed by atoms with van der Waals surface area (Å²) in [5, 5.41) is 9.07. The average Bonchev–Trinajstić information content (AvgIpc) is 2.67. The van der Waals surface area contributed by atoms with Gasteiger partial charge in [0.05, 0.1) is 5.57 Å². The summed E-state index contributed by atoms with van der Waals surface area (Å²) >= 11 is 0. The molecule has 0 saturated carbocycles. The molecule has 2 unspecified atom stereocenters. The summed E-state index contributed by atoms with van der Waals surface area (Å²) in [5.74, 6) is -0.730. The summed E-state index contributed by atoms with van der Waals surface area (Å²) in [4.78, 5) is 41.5. The van der Waals surface area contributed by atoms with Gasteiger partial charge in [0.25, 0.3) is 0 Å². The number of hydrogen-bond acceptors (Lipinski definition) is 7. The highest BCUT2D eigenvalue weighted by atomic mass is 16.2. The number of nitrogens with zero attached hydrogens (tertiary/aromatic N) is 2. The SMILES string of the molecule is CC(=O)N(C)c1ccc(NC2N=C(NC(C)(CC(C)C)C(N)=O)NC=C2C(N)=O)cc1. The molecule has 0 aromatic heterocycles. The van der Waals surface area contributed by atoms with Crippen LogP contribution in [0.15, 0.2) is 41.0 Å². The van der Waals surface area contributed by atoms with Crippen molar-refractivity contribution in [3.05, 3.63) is 36.0 Å². The van der Waals surface area contributed by atoms with E-state index in [9.17, 15) is 14.4 Å². The van der Waals surface area contributed by atoms with Gasteiger partial charge in [-0.1, -0.05) is 13.8 Å². The maximum Gasteiger partial charge on any atom is 0.250 e. The molecule has 0 saturated heterocycles. The molecular weight excluding hydrogens is 398 g/mol. The molecule has 10 heteroatoms. The predicted molar refractivity (Wildman–Crippen MR) is 121 cm³/mol. The summed E-state index contributed by atoms with van der Waals surface area (Å²) in [5.41, 5.74) is 11.7. The first kappa shape index (κ1) is 23.7. The lowest BCUT2D eigenvalue weighted by Gasteiger charge is -2.32. The van der Waals surface area contributed by atoms with Crippen molar-refractivity contribution in [1.29, 1.82) is 0 Å². The number of benzene rings is 1. The number of rotatable bonds is 8. The zero-order valence-corrected chi connectivity index (χ0v) is 18.5. The Hall–Kier alpha value is -3.56. The third kappa shape index (κ3) is 5.97. The fraction of sp³-hybridized carbons (Fsp3) is 0.429. The van der Waals surface area contributed by atoms with Gasteiger partial charge in [-0.3, -0.25) is 14.4 Å². The third-order valence-corrected chi connectivity index (χ3v) is 4.99. The summed E-state index contributed by atoms with van der Waals surface area (Å²) in [6, 6.07) is 7.08. The van der Waals surface area contributed by atoms with Crippen LogP contribution >= 0.6 is 0 Å².